The summed E-state index contributed by atoms with van der Waals surface area (Å²) in [5.74, 6) is 0.205. The number of anilines is 1. The molecule has 1 aromatic carbocycles. The van der Waals surface area contributed by atoms with Gasteiger partial charge in [-0.2, -0.15) is 0 Å². The van der Waals surface area contributed by atoms with Crippen molar-refractivity contribution in [1.29, 1.82) is 0 Å². The van der Waals surface area contributed by atoms with Gasteiger partial charge in [0.05, 0.1) is 13.1 Å². The number of nitrogens with one attached hydrogen (secondary N) is 3. The van der Waals surface area contributed by atoms with Gasteiger partial charge in [-0.1, -0.05) is 18.2 Å². The Morgan fingerprint density at radius 1 is 1.19 bits per heavy atom. The third-order valence-corrected chi connectivity index (χ3v) is 4.29. The summed E-state index contributed by atoms with van der Waals surface area (Å²) in [6.45, 7) is 3.67. The van der Waals surface area contributed by atoms with Crippen LogP contribution in [0.25, 0.3) is 0 Å². The summed E-state index contributed by atoms with van der Waals surface area (Å²) in [6.07, 6.45) is 1.66. The summed E-state index contributed by atoms with van der Waals surface area (Å²) in [6, 6.07) is 9.49. The maximum absolute atomic E-state index is 12.2. The summed E-state index contributed by atoms with van der Waals surface area (Å²) in [4.78, 5) is 25.2. The minimum absolute atomic E-state index is 0.0471. The van der Waals surface area contributed by atoms with Crippen LogP contribution in [0.2, 0.25) is 0 Å². The number of hydrogen-bond donors (Lipinski definition) is 3. The highest BCUT2D eigenvalue weighted by molar-refractivity contribution is 5.92. The zero-order valence-electron chi connectivity index (χ0n) is 12.7. The molecule has 1 saturated heterocycles. The van der Waals surface area contributed by atoms with Gasteiger partial charge in [-0.25, -0.2) is 0 Å². The van der Waals surface area contributed by atoms with Crippen LogP contribution in [0.5, 0.6) is 0 Å². The van der Waals surface area contributed by atoms with E-state index in [2.05, 4.69) is 10.6 Å². The molecule has 0 aliphatic carbocycles. The van der Waals surface area contributed by atoms with Crippen LogP contribution in [0.3, 0.4) is 0 Å². The molecule has 21 heavy (non-hydrogen) atoms. The minimum atomic E-state index is -0.0480. The number of piperidine rings is 1. The molecule has 1 heterocycles. The number of rotatable bonds is 4. The van der Waals surface area contributed by atoms with E-state index < -0.39 is 0 Å². The van der Waals surface area contributed by atoms with Crippen LogP contribution in [-0.4, -0.2) is 38.0 Å². The molecule has 0 aromatic heterocycles. The molecule has 2 rings (SSSR count). The first-order valence-electron chi connectivity index (χ1n) is 7.54. The molecule has 3 N–H and O–H groups in total. The highest BCUT2D eigenvalue weighted by Gasteiger charge is 2.32. The molecule has 2 amide bonds. The molecule has 5 nitrogen and oxygen atoms in total. The number of para-hydroxylation sites is 1. The second kappa shape index (κ2) is 7.22. The van der Waals surface area contributed by atoms with Gasteiger partial charge in [0.1, 0.15) is 0 Å². The molecule has 114 valence electrons. The molecule has 1 fully saturated rings. The predicted octanol–water partition coefficient (Wildman–Crippen LogP) is 0.0545. The molecule has 0 saturated carbocycles. The van der Waals surface area contributed by atoms with Gasteiger partial charge in [-0.3, -0.25) is 9.59 Å². The standard InChI is InChI=1S/C16H23N3O2/c1-12(15(20)17-2)19-10-8-13(9-11-19)16(21)18-14-6-4-3-5-7-14/h3-7,12-13H,8-11H2,1-2H3,(H,17,20)(H,18,21)/p+1/t12-/m1/s1. The van der Waals surface area contributed by atoms with Crippen molar-refractivity contribution in [2.75, 3.05) is 25.5 Å². The maximum Gasteiger partial charge on any atom is 0.277 e. The van der Waals surface area contributed by atoms with Crippen molar-refractivity contribution >= 4 is 17.5 Å². The number of carbonyl (C=O) groups excluding carboxylic acids is 2. The molecule has 1 aromatic rings. The Morgan fingerprint density at radius 2 is 1.81 bits per heavy atom. The van der Waals surface area contributed by atoms with E-state index in [-0.39, 0.29) is 23.8 Å². The van der Waals surface area contributed by atoms with E-state index in [0.717, 1.165) is 31.6 Å². The van der Waals surface area contributed by atoms with Gasteiger partial charge < -0.3 is 15.5 Å². The second-order valence-electron chi connectivity index (χ2n) is 5.62. The number of hydrogen-bond acceptors (Lipinski definition) is 2. The van der Waals surface area contributed by atoms with Crippen LogP contribution >= 0.6 is 0 Å². The number of likely N-dealkylation sites (tertiary alicyclic amines) is 1. The van der Waals surface area contributed by atoms with Crippen molar-refractivity contribution in [1.82, 2.24) is 5.32 Å². The zero-order valence-corrected chi connectivity index (χ0v) is 12.7. The van der Waals surface area contributed by atoms with Gasteiger partial charge in [-0.15, -0.1) is 0 Å². The lowest BCUT2D eigenvalue weighted by atomic mass is 9.95. The number of likely N-dealkylation sites (N-methyl/N-ethyl adjacent to an activating group) is 1. The van der Waals surface area contributed by atoms with E-state index in [1.807, 2.05) is 37.3 Å². The van der Waals surface area contributed by atoms with Gasteiger partial charge in [0.15, 0.2) is 6.04 Å². The number of amides is 2. The second-order valence-corrected chi connectivity index (χ2v) is 5.62. The first-order chi connectivity index (χ1) is 10.1. The van der Waals surface area contributed by atoms with Crippen molar-refractivity contribution in [3.8, 4) is 0 Å². The van der Waals surface area contributed by atoms with Crippen molar-refractivity contribution < 1.29 is 14.5 Å². The Balaban J connectivity index is 1.83. The molecule has 0 unspecified atom stereocenters. The molecular weight excluding hydrogens is 266 g/mol. The van der Waals surface area contributed by atoms with Gasteiger partial charge >= 0.3 is 0 Å². The molecule has 5 heteroatoms. The summed E-state index contributed by atoms with van der Waals surface area (Å²) >= 11 is 0. The number of benzene rings is 1. The van der Waals surface area contributed by atoms with E-state index in [0.29, 0.717) is 0 Å². The summed E-state index contributed by atoms with van der Waals surface area (Å²) in [5.41, 5.74) is 0.844. The molecule has 0 spiro atoms. The average Bonchev–Trinajstić information content (AvgIpc) is 2.54. The van der Waals surface area contributed by atoms with Gasteiger partial charge in [0.2, 0.25) is 5.91 Å². The van der Waals surface area contributed by atoms with Crippen LogP contribution in [0, 0.1) is 5.92 Å². The Kier molecular flexibility index (Phi) is 5.33. The fourth-order valence-corrected chi connectivity index (χ4v) is 2.85. The van der Waals surface area contributed by atoms with E-state index >= 15 is 0 Å². The van der Waals surface area contributed by atoms with Crippen LogP contribution in [-0.2, 0) is 9.59 Å². The van der Waals surface area contributed by atoms with E-state index in [1.165, 1.54) is 4.90 Å². The van der Waals surface area contributed by atoms with Crippen molar-refractivity contribution in [3.63, 3.8) is 0 Å². The van der Waals surface area contributed by atoms with Crippen LogP contribution < -0.4 is 15.5 Å². The van der Waals surface area contributed by atoms with Gasteiger partial charge in [-0.05, 0) is 19.1 Å². The van der Waals surface area contributed by atoms with E-state index in [1.54, 1.807) is 7.05 Å². The first kappa shape index (κ1) is 15.5. The van der Waals surface area contributed by atoms with Crippen LogP contribution in [0.15, 0.2) is 30.3 Å². The lowest BCUT2D eigenvalue weighted by Crippen LogP contribution is -3.17. The summed E-state index contributed by atoms with van der Waals surface area (Å²) in [7, 11) is 1.67. The molecule has 1 aliphatic rings. The van der Waals surface area contributed by atoms with Gasteiger partial charge in [0.25, 0.3) is 5.91 Å². The highest BCUT2D eigenvalue weighted by Crippen LogP contribution is 2.14. The predicted molar refractivity (Wildman–Crippen MR) is 82.0 cm³/mol. The lowest BCUT2D eigenvalue weighted by Gasteiger charge is -2.31. The average molecular weight is 290 g/mol. The minimum Gasteiger partial charge on any atom is -0.354 e. The third kappa shape index (κ3) is 4.04. The van der Waals surface area contributed by atoms with E-state index in [4.69, 9.17) is 0 Å². The Morgan fingerprint density at radius 3 is 2.38 bits per heavy atom. The monoisotopic (exact) mass is 290 g/mol. The van der Waals surface area contributed by atoms with Crippen LogP contribution in [0.4, 0.5) is 5.69 Å². The third-order valence-electron chi connectivity index (χ3n) is 4.29. The smallest absolute Gasteiger partial charge is 0.277 e. The fraction of sp³-hybridized carbons (Fsp3) is 0.500. The topological polar surface area (TPSA) is 62.6 Å². The quantitative estimate of drug-likeness (QED) is 0.734. The Hall–Kier alpha value is -1.88. The molecule has 1 atom stereocenters. The van der Waals surface area contributed by atoms with Crippen molar-refractivity contribution in [3.05, 3.63) is 30.3 Å². The fourth-order valence-electron chi connectivity index (χ4n) is 2.85. The molecule has 0 bridgehead atoms. The lowest BCUT2D eigenvalue weighted by molar-refractivity contribution is -0.919. The molecule has 1 aliphatic heterocycles. The summed E-state index contributed by atoms with van der Waals surface area (Å²) < 4.78 is 0. The van der Waals surface area contributed by atoms with Crippen molar-refractivity contribution in [2.45, 2.75) is 25.8 Å². The van der Waals surface area contributed by atoms with Crippen molar-refractivity contribution in [2.24, 2.45) is 5.92 Å². The zero-order chi connectivity index (χ0) is 15.2. The number of carbonyl (C=O) groups is 2. The van der Waals surface area contributed by atoms with Gasteiger partial charge in [0, 0.05) is 31.5 Å². The Labute approximate surface area is 125 Å². The maximum atomic E-state index is 12.2. The molecular formula is C16H24N3O2+. The largest absolute Gasteiger partial charge is 0.354 e. The SMILES string of the molecule is CNC(=O)[C@@H](C)[NH+]1CCC(C(=O)Nc2ccccc2)CC1. The normalized spacial score (nSPS) is 23.1. The van der Waals surface area contributed by atoms with Crippen LogP contribution in [0.1, 0.15) is 19.8 Å². The number of quaternary nitrogens is 1. The first-order valence-corrected chi connectivity index (χ1v) is 7.54. The molecule has 0 radical (unpaired) electrons. The summed E-state index contributed by atoms with van der Waals surface area (Å²) in [5, 5.41) is 5.65. The highest BCUT2D eigenvalue weighted by atomic mass is 16.2. The van der Waals surface area contributed by atoms with E-state index in [9.17, 15) is 9.59 Å². The Bertz CT molecular complexity index is 482.